The quantitative estimate of drug-likeness (QED) is 0.509. The minimum absolute atomic E-state index is 0.114. The summed E-state index contributed by atoms with van der Waals surface area (Å²) in [5.41, 5.74) is 0.503. The first-order valence-corrected chi connectivity index (χ1v) is 9.53. The van der Waals surface area contributed by atoms with Crippen LogP contribution in [0.5, 0.6) is 0 Å². The minimum atomic E-state index is -2.17. The molecule has 0 aromatic heterocycles. The van der Waals surface area contributed by atoms with Crippen molar-refractivity contribution in [2.45, 2.75) is 18.6 Å². The first kappa shape index (κ1) is 20.1. The molecular weight excluding hydrogens is 415 g/mol. The Morgan fingerprint density at radius 3 is 2.33 bits per heavy atom. The Balaban J connectivity index is 1.65. The number of amides is 3. The molecule has 30 heavy (non-hydrogen) atoms. The van der Waals surface area contributed by atoms with Gasteiger partial charge >= 0.3 is 6.03 Å². The summed E-state index contributed by atoms with van der Waals surface area (Å²) in [5.74, 6) is -1.84. The van der Waals surface area contributed by atoms with E-state index >= 15 is 0 Å². The van der Waals surface area contributed by atoms with Crippen molar-refractivity contribution in [2.75, 3.05) is 5.32 Å². The third-order valence-electron chi connectivity index (χ3n) is 4.83. The zero-order valence-corrected chi connectivity index (χ0v) is 16.3. The van der Waals surface area contributed by atoms with Crippen LogP contribution < -0.4 is 16.1 Å². The molecule has 2 aromatic carbocycles. The number of hydrogen-bond acceptors (Lipinski definition) is 5. The maximum atomic E-state index is 13.4. The number of benzene rings is 2. The van der Waals surface area contributed by atoms with Gasteiger partial charge in [-0.3, -0.25) is 4.79 Å². The highest BCUT2D eigenvalue weighted by Gasteiger charge is 2.49. The maximum absolute atomic E-state index is 13.4. The van der Waals surface area contributed by atoms with E-state index in [0.717, 1.165) is 12.1 Å². The molecule has 1 saturated carbocycles. The fourth-order valence-electron chi connectivity index (χ4n) is 3.02. The van der Waals surface area contributed by atoms with Gasteiger partial charge in [0.15, 0.2) is 0 Å². The molecule has 0 saturated heterocycles. The molecule has 2 aromatic rings. The molecule has 1 unspecified atom stereocenters. The Bertz CT molecular complexity index is 1020. The van der Waals surface area contributed by atoms with Gasteiger partial charge in [0.1, 0.15) is 11.5 Å². The second-order valence-corrected chi connectivity index (χ2v) is 7.50. The Morgan fingerprint density at radius 1 is 1.10 bits per heavy atom. The van der Waals surface area contributed by atoms with Gasteiger partial charge in [0.05, 0.1) is 0 Å². The molecule has 2 aliphatic rings. The van der Waals surface area contributed by atoms with Crippen LogP contribution in [0.4, 0.5) is 14.9 Å². The van der Waals surface area contributed by atoms with Crippen molar-refractivity contribution in [1.82, 2.24) is 15.8 Å². The van der Waals surface area contributed by atoms with E-state index in [1.165, 1.54) is 12.1 Å². The van der Waals surface area contributed by atoms with Gasteiger partial charge in [0.25, 0.3) is 0 Å². The van der Waals surface area contributed by atoms with Crippen molar-refractivity contribution < 1.29 is 24.2 Å². The lowest BCUT2D eigenvalue weighted by Crippen LogP contribution is -2.51. The lowest BCUT2D eigenvalue weighted by atomic mass is 10.0. The Labute approximate surface area is 175 Å². The van der Waals surface area contributed by atoms with Gasteiger partial charge in [-0.1, -0.05) is 23.7 Å². The molecule has 0 spiro atoms. The monoisotopic (exact) mass is 432 g/mol. The number of aliphatic hydroxyl groups is 2. The van der Waals surface area contributed by atoms with Gasteiger partial charge in [-0.2, -0.15) is 10.4 Å². The lowest BCUT2D eigenvalue weighted by molar-refractivity contribution is -0.122. The predicted molar refractivity (Wildman–Crippen MR) is 106 cm³/mol. The zero-order valence-electron chi connectivity index (χ0n) is 15.5. The van der Waals surface area contributed by atoms with E-state index in [0.29, 0.717) is 28.6 Å². The summed E-state index contributed by atoms with van der Waals surface area (Å²) in [6, 6.07) is 10.2. The molecule has 1 aliphatic heterocycles. The van der Waals surface area contributed by atoms with Crippen LogP contribution in [0.25, 0.3) is 0 Å². The summed E-state index contributed by atoms with van der Waals surface area (Å²) in [4.78, 5) is 25.0. The van der Waals surface area contributed by atoms with Gasteiger partial charge in [0, 0.05) is 22.2 Å². The number of nitrogens with one attached hydrogen (secondary N) is 3. The summed E-state index contributed by atoms with van der Waals surface area (Å²) >= 11 is 5.83. The summed E-state index contributed by atoms with van der Waals surface area (Å²) in [5, 5.41) is 28.1. The molecule has 156 valence electrons. The average Bonchev–Trinajstić information content (AvgIpc) is 3.53. The second kappa shape index (κ2) is 7.60. The molecule has 0 bridgehead atoms. The van der Waals surface area contributed by atoms with Crippen LogP contribution in [-0.4, -0.2) is 27.2 Å². The smallest absolute Gasteiger partial charge is 0.343 e. The Kier molecular flexibility index (Phi) is 5.10. The minimum Gasteiger partial charge on any atom is -0.492 e. The number of carbonyl (C=O) groups is 2. The van der Waals surface area contributed by atoms with Crippen LogP contribution >= 0.6 is 11.6 Å². The zero-order chi connectivity index (χ0) is 21.5. The van der Waals surface area contributed by atoms with Gasteiger partial charge in [-0.05, 0) is 49.2 Å². The van der Waals surface area contributed by atoms with Crippen LogP contribution in [0.1, 0.15) is 18.4 Å². The van der Waals surface area contributed by atoms with Crippen LogP contribution in [0.2, 0.25) is 5.02 Å². The van der Waals surface area contributed by atoms with Crippen molar-refractivity contribution in [1.29, 1.82) is 0 Å². The first-order valence-electron chi connectivity index (χ1n) is 9.15. The van der Waals surface area contributed by atoms with E-state index < -0.39 is 23.5 Å². The van der Waals surface area contributed by atoms with Crippen molar-refractivity contribution in [3.63, 3.8) is 0 Å². The van der Waals surface area contributed by atoms with Crippen molar-refractivity contribution in [3.05, 3.63) is 76.5 Å². The standard InChI is InChI=1S/C20H18ClFN4O4/c21-13-5-9-15(10-6-13)23-19(29)26-18(28)16(24-17(27)11-1-2-11)20(30,25-26)12-3-7-14(22)8-4-12/h3-11,25,28,30H,1-2H2,(H,23,29)(H,24,27). The van der Waals surface area contributed by atoms with E-state index in [4.69, 9.17) is 11.6 Å². The number of rotatable bonds is 4. The molecule has 3 amide bonds. The van der Waals surface area contributed by atoms with Gasteiger partial charge < -0.3 is 20.8 Å². The fourth-order valence-corrected chi connectivity index (χ4v) is 3.15. The third-order valence-corrected chi connectivity index (χ3v) is 5.08. The number of hydrogen-bond donors (Lipinski definition) is 5. The molecule has 1 atom stereocenters. The molecule has 5 N–H and O–H groups in total. The van der Waals surface area contributed by atoms with Crippen molar-refractivity contribution in [3.8, 4) is 0 Å². The highest BCUT2D eigenvalue weighted by Crippen LogP contribution is 2.36. The largest absolute Gasteiger partial charge is 0.492 e. The number of hydrazine groups is 1. The summed E-state index contributed by atoms with van der Waals surface area (Å²) in [7, 11) is 0. The van der Waals surface area contributed by atoms with Crippen LogP contribution in [0, 0.1) is 11.7 Å². The molecule has 1 fully saturated rings. The maximum Gasteiger partial charge on any atom is 0.343 e. The highest BCUT2D eigenvalue weighted by molar-refractivity contribution is 6.30. The van der Waals surface area contributed by atoms with Crippen LogP contribution in [0.15, 0.2) is 60.1 Å². The van der Waals surface area contributed by atoms with Crippen molar-refractivity contribution in [2.24, 2.45) is 5.92 Å². The fraction of sp³-hybridized carbons (Fsp3) is 0.200. The molecular formula is C20H18ClFN4O4. The second-order valence-electron chi connectivity index (χ2n) is 7.06. The first-order chi connectivity index (χ1) is 14.3. The number of aliphatic hydroxyl groups excluding tert-OH is 1. The number of anilines is 1. The Hall–Kier alpha value is -3.14. The van der Waals surface area contributed by atoms with Crippen LogP contribution in [-0.2, 0) is 10.5 Å². The van der Waals surface area contributed by atoms with Gasteiger partial charge in [-0.25, -0.2) is 9.18 Å². The average molecular weight is 433 g/mol. The SMILES string of the molecule is O=C(NC1=C(O)N(C(=O)Nc2ccc(Cl)cc2)NC1(O)c1ccc(F)cc1)C1CC1. The molecule has 0 radical (unpaired) electrons. The van der Waals surface area contributed by atoms with E-state index in [1.807, 2.05) is 0 Å². The van der Waals surface area contributed by atoms with Gasteiger partial charge in [-0.15, -0.1) is 0 Å². The Morgan fingerprint density at radius 2 is 1.73 bits per heavy atom. The van der Waals surface area contributed by atoms with E-state index in [-0.39, 0.29) is 23.1 Å². The van der Waals surface area contributed by atoms with E-state index in [9.17, 15) is 24.2 Å². The molecule has 1 heterocycles. The van der Waals surface area contributed by atoms with Crippen molar-refractivity contribution >= 4 is 29.2 Å². The summed E-state index contributed by atoms with van der Waals surface area (Å²) < 4.78 is 13.4. The third kappa shape index (κ3) is 3.82. The van der Waals surface area contributed by atoms with E-state index in [2.05, 4.69) is 16.1 Å². The number of nitrogens with zero attached hydrogens (tertiary/aromatic N) is 1. The van der Waals surface area contributed by atoms with Crippen LogP contribution in [0.3, 0.4) is 0 Å². The normalized spacial score (nSPS) is 21.0. The summed E-state index contributed by atoms with van der Waals surface area (Å²) in [6.45, 7) is 0. The lowest BCUT2D eigenvalue weighted by Gasteiger charge is -2.28. The molecule has 4 rings (SSSR count). The van der Waals surface area contributed by atoms with E-state index in [1.54, 1.807) is 24.3 Å². The molecule has 10 heteroatoms. The number of halogens is 2. The molecule has 1 aliphatic carbocycles. The summed E-state index contributed by atoms with van der Waals surface area (Å²) in [6.07, 6.45) is 1.39. The topological polar surface area (TPSA) is 114 Å². The number of carbonyl (C=O) groups excluding carboxylic acids is 2. The number of urea groups is 1. The highest BCUT2D eigenvalue weighted by atomic mass is 35.5. The van der Waals surface area contributed by atoms with Gasteiger partial charge in [0.2, 0.25) is 17.5 Å². The molecule has 8 nitrogen and oxygen atoms in total. The predicted octanol–water partition coefficient (Wildman–Crippen LogP) is 2.93.